The summed E-state index contributed by atoms with van der Waals surface area (Å²) in [4.78, 5) is 9.34. The summed E-state index contributed by atoms with van der Waals surface area (Å²) in [6.07, 6.45) is 0. The van der Waals surface area contributed by atoms with Gasteiger partial charge in [0.05, 0.1) is 38.6 Å². The fourth-order valence-corrected chi connectivity index (χ4v) is 3.31. The van der Waals surface area contributed by atoms with Crippen LogP contribution < -0.4 is 5.32 Å². The highest BCUT2D eigenvalue weighted by Gasteiger charge is 2.36. The predicted octanol–water partition coefficient (Wildman–Crippen LogP) is 2.74. The van der Waals surface area contributed by atoms with Gasteiger partial charge in [0, 0.05) is 21.8 Å². The molecular formula is C20H20ClN3O3. The van der Waals surface area contributed by atoms with E-state index in [1.54, 1.807) is 0 Å². The van der Waals surface area contributed by atoms with Gasteiger partial charge in [0.15, 0.2) is 0 Å². The molecule has 0 bridgehead atoms. The van der Waals surface area contributed by atoms with Crippen molar-refractivity contribution in [2.24, 2.45) is 9.98 Å². The van der Waals surface area contributed by atoms with Gasteiger partial charge in [-0.3, -0.25) is 9.98 Å². The number of aliphatic hydroxyl groups is 1. The minimum absolute atomic E-state index is 0.199. The first kappa shape index (κ1) is 18.1. The normalized spacial score (nSPS) is 19.9. The van der Waals surface area contributed by atoms with Crippen LogP contribution in [0.1, 0.15) is 11.1 Å². The van der Waals surface area contributed by atoms with Crippen LogP contribution in [0.2, 0.25) is 5.02 Å². The van der Waals surface area contributed by atoms with Crippen molar-refractivity contribution in [1.29, 1.82) is 0 Å². The molecule has 2 heterocycles. The van der Waals surface area contributed by atoms with E-state index in [2.05, 4.69) is 10.3 Å². The van der Waals surface area contributed by atoms with Crippen molar-refractivity contribution < 1.29 is 14.6 Å². The van der Waals surface area contributed by atoms with Crippen molar-refractivity contribution in [3.8, 4) is 0 Å². The number of hydrogen-bond acceptors (Lipinski definition) is 5. The number of nitrogens with zero attached hydrogens (tertiary/aromatic N) is 2. The van der Waals surface area contributed by atoms with E-state index < -0.39 is 5.79 Å². The van der Waals surface area contributed by atoms with Gasteiger partial charge in [-0.05, 0) is 18.2 Å². The Morgan fingerprint density at radius 2 is 1.93 bits per heavy atom. The van der Waals surface area contributed by atoms with Crippen LogP contribution in [0, 0.1) is 0 Å². The number of anilines is 1. The Kier molecular flexibility index (Phi) is 5.22. The van der Waals surface area contributed by atoms with Crippen molar-refractivity contribution in [3.63, 3.8) is 0 Å². The number of ether oxygens (including phenoxy) is 2. The molecule has 0 aromatic heterocycles. The Labute approximate surface area is 162 Å². The van der Waals surface area contributed by atoms with Crippen LogP contribution in [0.15, 0.2) is 58.5 Å². The number of benzene rings is 2. The van der Waals surface area contributed by atoms with E-state index in [1.165, 1.54) is 0 Å². The molecule has 6 nitrogen and oxygen atoms in total. The van der Waals surface area contributed by atoms with Crippen LogP contribution in [0.4, 0.5) is 5.69 Å². The first-order valence-electron chi connectivity index (χ1n) is 8.78. The van der Waals surface area contributed by atoms with Crippen LogP contribution >= 0.6 is 11.6 Å². The fraction of sp³-hybridized carbons (Fsp3) is 0.300. The van der Waals surface area contributed by atoms with Crippen molar-refractivity contribution >= 4 is 28.8 Å². The molecule has 0 amide bonds. The average Bonchev–Trinajstić information content (AvgIpc) is 3.10. The second-order valence-electron chi connectivity index (χ2n) is 6.37. The lowest BCUT2D eigenvalue weighted by Crippen LogP contribution is -2.38. The number of amidine groups is 1. The number of halogens is 1. The lowest BCUT2D eigenvalue weighted by Gasteiger charge is -2.23. The van der Waals surface area contributed by atoms with Crippen molar-refractivity contribution in [3.05, 3.63) is 64.7 Å². The van der Waals surface area contributed by atoms with E-state index in [4.69, 9.17) is 26.1 Å². The van der Waals surface area contributed by atoms with Crippen LogP contribution in [0.25, 0.3) is 0 Å². The minimum atomic E-state index is -1.06. The summed E-state index contributed by atoms with van der Waals surface area (Å²) in [5.41, 5.74) is 3.67. The molecule has 2 aliphatic heterocycles. The van der Waals surface area contributed by atoms with Gasteiger partial charge in [0.25, 0.3) is 0 Å². The van der Waals surface area contributed by atoms with Crippen LogP contribution in [0.3, 0.4) is 0 Å². The minimum Gasteiger partial charge on any atom is -0.391 e. The maximum atomic E-state index is 9.60. The number of nitrogens with one attached hydrogen (secondary N) is 1. The number of fused-ring (bicyclic) bond motifs is 1. The highest BCUT2D eigenvalue weighted by molar-refractivity contribution is 6.32. The van der Waals surface area contributed by atoms with Gasteiger partial charge in [0.1, 0.15) is 5.84 Å². The Morgan fingerprint density at radius 1 is 1.15 bits per heavy atom. The maximum Gasteiger partial charge on any atom is 0.211 e. The van der Waals surface area contributed by atoms with Crippen molar-refractivity contribution in [1.82, 2.24) is 0 Å². The molecule has 0 saturated carbocycles. The molecule has 1 saturated heterocycles. The van der Waals surface area contributed by atoms with Gasteiger partial charge >= 0.3 is 0 Å². The van der Waals surface area contributed by atoms with E-state index in [-0.39, 0.29) is 13.2 Å². The summed E-state index contributed by atoms with van der Waals surface area (Å²) in [5, 5.41) is 13.6. The Morgan fingerprint density at radius 3 is 2.67 bits per heavy atom. The first-order chi connectivity index (χ1) is 13.2. The molecule has 0 atom stereocenters. The third-order valence-electron chi connectivity index (χ3n) is 4.52. The molecule has 0 radical (unpaired) electrons. The third kappa shape index (κ3) is 3.89. The highest BCUT2D eigenvalue weighted by atomic mass is 35.5. The van der Waals surface area contributed by atoms with E-state index >= 15 is 0 Å². The maximum absolute atomic E-state index is 9.60. The summed E-state index contributed by atoms with van der Waals surface area (Å²) < 4.78 is 11.1. The second-order valence-corrected chi connectivity index (χ2v) is 6.81. The second kappa shape index (κ2) is 7.78. The van der Waals surface area contributed by atoms with E-state index in [0.29, 0.717) is 30.6 Å². The van der Waals surface area contributed by atoms with Crippen LogP contribution in [0.5, 0.6) is 0 Å². The zero-order valence-corrected chi connectivity index (χ0v) is 15.4. The number of hydrogen-bond donors (Lipinski definition) is 2. The number of aliphatic imine (C=N–C) groups is 2. The Bertz CT molecular complexity index is 877. The number of benzodiazepines with no additional fused rings is 1. The third-order valence-corrected chi connectivity index (χ3v) is 4.75. The lowest BCUT2D eigenvalue weighted by atomic mass is 10.0. The zero-order valence-electron chi connectivity index (χ0n) is 14.7. The quantitative estimate of drug-likeness (QED) is 0.848. The Balaban J connectivity index is 1.68. The molecule has 2 aliphatic rings. The molecule has 0 unspecified atom stereocenters. The molecule has 1 fully saturated rings. The van der Waals surface area contributed by atoms with Gasteiger partial charge in [-0.15, -0.1) is 0 Å². The largest absolute Gasteiger partial charge is 0.391 e. The number of aliphatic hydroxyl groups excluding tert-OH is 1. The standard InChI is InChI=1S/C20H20ClN3O3/c21-15-6-7-17-16(10-15)19(14-4-2-1-3-5-14)22-11-18(24-17)23-12-20(13-25)26-8-9-27-20/h1-7,10,25H,8-9,11-13H2,(H,23,24). The molecule has 2 N–H and O–H groups in total. The topological polar surface area (TPSA) is 75.4 Å². The van der Waals surface area contributed by atoms with Gasteiger partial charge in [-0.2, -0.15) is 0 Å². The van der Waals surface area contributed by atoms with Gasteiger partial charge in [0.2, 0.25) is 5.79 Å². The average molecular weight is 386 g/mol. The molecule has 0 spiro atoms. The smallest absolute Gasteiger partial charge is 0.211 e. The summed E-state index contributed by atoms with van der Waals surface area (Å²) in [7, 11) is 0. The molecule has 2 aromatic carbocycles. The summed E-state index contributed by atoms with van der Waals surface area (Å²) in [6.45, 7) is 1.24. The predicted molar refractivity (Wildman–Crippen MR) is 106 cm³/mol. The molecule has 0 aliphatic carbocycles. The summed E-state index contributed by atoms with van der Waals surface area (Å²) in [6, 6.07) is 15.6. The Hall–Kier alpha value is -2.25. The lowest BCUT2D eigenvalue weighted by molar-refractivity contribution is -0.173. The van der Waals surface area contributed by atoms with E-state index in [0.717, 1.165) is 22.5 Å². The van der Waals surface area contributed by atoms with Gasteiger partial charge < -0.3 is 19.9 Å². The fourth-order valence-electron chi connectivity index (χ4n) is 3.13. The molecule has 7 heteroatoms. The number of rotatable bonds is 4. The summed E-state index contributed by atoms with van der Waals surface area (Å²) in [5.74, 6) is -0.382. The van der Waals surface area contributed by atoms with Gasteiger partial charge in [-0.25, -0.2) is 0 Å². The molecule has 4 rings (SSSR count). The molecule has 27 heavy (non-hydrogen) atoms. The van der Waals surface area contributed by atoms with Crippen LogP contribution in [-0.4, -0.2) is 55.4 Å². The summed E-state index contributed by atoms with van der Waals surface area (Å²) >= 11 is 6.23. The zero-order chi connectivity index (χ0) is 18.7. The van der Waals surface area contributed by atoms with Crippen molar-refractivity contribution in [2.75, 3.05) is 38.2 Å². The van der Waals surface area contributed by atoms with Gasteiger partial charge in [-0.1, -0.05) is 41.9 Å². The SMILES string of the molecule is OCC1(CN=C2CN=C(c3ccccc3)c3cc(Cl)ccc3N2)OCCO1. The van der Waals surface area contributed by atoms with Crippen LogP contribution in [-0.2, 0) is 9.47 Å². The van der Waals surface area contributed by atoms with E-state index in [9.17, 15) is 5.11 Å². The van der Waals surface area contributed by atoms with Crippen molar-refractivity contribution in [2.45, 2.75) is 5.79 Å². The molecule has 140 valence electrons. The first-order valence-corrected chi connectivity index (χ1v) is 9.16. The molecule has 2 aromatic rings. The molecular weight excluding hydrogens is 366 g/mol. The van der Waals surface area contributed by atoms with E-state index in [1.807, 2.05) is 48.5 Å². The highest BCUT2D eigenvalue weighted by Crippen LogP contribution is 2.26. The monoisotopic (exact) mass is 385 g/mol.